The molecule has 2 atom stereocenters. The van der Waals surface area contributed by atoms with E-state index in [0.717, 1.165) is 35.2 Å². The fourth-order valence-electron chi connectivity index (χ4n) is 2.64. The number of likely N-dealkylation sites (N-methyl/N-ethyl adjacent to an activating group) is 1. The van der Waals surface area contributed by atoms with E-state index in [0.29, 0.717) is 5.25 Å². The lowest BCUT2D eigenvalue weighted by atomic mass is 9.81. The van der Waals surface area contributed by atoms with Gasteiger partial charge < -0.3 is 10.1 Å². The summed E-state index contributed by atoms with van der Waals surface area (Å²) in [6.07, 6.45) is 5.53. The molecular weight excluding hydrogens is 340 g/mol. The molecule has 0 bridgehead atoms. The van der Waals surface area contributed by atoms with Gasteiger partial charge in [-0.05, 0) is 60.8 Å². The molecule has 6 heteroatoms. The molecule has 0 spiro atoms. The zero-order valence-electron chi connectivity index (χ0n) is 11.7. The summed E-state index contributed by atoms with van der Waals surface area (Å²) >= 11 is 5.12. The number of ether oxygens (including phenoxy) is 1. The Morgan fingerprint density at radius 3 is 3.00 bits per heavy atom. The van der Waals surface area contributed by atoms with E-state index in [4.69, 9.17) is 4.74 Å². The molecule has 4 nitrogen and oxygen atoms in total. The summed E-state index contributed by atoms with van der Waals surface area (Å²) in [6.45, 7) is 0. The van der Waals surface area contributed by atoms with Gasteiger partial charge in [0, 0.05) is 15.9 Å². The number of carbonyl (C=O) groups excluding carboxylic acids is 1. The first-order valence-electron chi connectivity index (χ1n) is 6.65. The number of thioether (sulfide) groups is 1. The van der Waals surface area contributed by atoms with Crippen LogP contribution >= 0.6 is 27.7 Å². The summed E-state index contributed by atoms with van der Waals surface area (Å²) in [6, 6.07) is 3.99. The first kappa shape index (κ1) is 15.8. The number of pyridine rings is 1. The van der Waals surface area contributed by atoms with Gasteiger partial charge in [-0.1, -0.05) is 0 Å². The van der Waals surface area contributed by atoms with Crippen molar-refractivity contribution in [3.8, 4) is 0 Å². The molecule has 0 amide bonds. The zero-order chi connectivity index (χ0) is 14.6. The predicted octanol–water partition coefficient (Wildman–Crippen LogP) is 3.01. The van der Waals surface area contributed by atoms with E-state index in [1.54, 1.807) is 18.0 Å². The van der Waals surface area contributed by atoms with E-state index >= 15 is 0 Å². The van der Waals surface area contributed by atoms with E-state index in [2.05, 4.69) is 26.2 Å². The highest BCUT2D eigenvalue weighted by Crippen LogP contribution is 2.38. The minimum absolute atomic E-state index is 0.158. The van der Waals surface area contributed by atoms with Crippen LogP contribution in [0.5, 0.6) is 0 Å². The second-order valence-corrected chi connectivity index (χ2v) is 7.21. The van der Waals surface area contributed by atoms with Crippen molar-refractivity contribution in [3.05, 3.63) is 22.8 Å². The highest BCUT2D eigenvalue weighted by molar-refractivity contribution is 9.10. The Labute approximate surface area is 132 Å². The molecule has 1 fully saturated rings. The van der Waals surface area contributed by atoms with Gasteiger partial charge >= 0.3 is 5.97 Å². The number of hydrogen-bond donors (Lipinski definition) is 1. The number of esters is 1. The molecule has 1 aliphatic carbocycles. The van der Waals surface area contributed by atoms with Crippen molar-refractivity contribution in [3.63, 3.8) is 0 Å². The molecule has 1 aliphatic rings. The molecule has 1 saturated carbocycles. The fourth-order valence-corrected chi connectivity index (χ4v) is 4.13. The molecule has 20 heavy (non-hydrogen) atoms. The van der Waals surface area contributed by atoms with Gasteiger partial charge in [-0.2, -0.15) is 0 Å². The van der Waals surface area contributed by atoms with Gasteiger partial charge in [0.1, 0.15) is 5.54 Å². The highest BCUT2D eigenvalue weighted by atomic mass is 79.9. The van der Waals surface area contributed by atoms with Crippen molar-refractivity contribution in [1.29, 1.82) is 0 Å². The minimum atomic E-state index is -0.542. The molecule has 1 aromatic rings. The number of aromatic nitrogens is 1. The molecule has 1 aromatic heterocycles. The Morgan fingerprint density at radius 2 is 2.40 bits per heavy atom. The standard InChI is InChI=1S/C14H19BrN2O2S/c1-16-14(13(18)19-2)7-3-4-11(8-14)20-12-6-5-10(15)9-17-12/h5-6,9,11,16H,3-4,7-8H2,1-2H3. The van der Waals surface area contributed by atoms with E-state index in [1.807, 2.05) is 19.2 Å². The molecule has 0 aliphatic heterocycles. The van der Waals surface area contributed by atoms with Crippen LogP contribution in [-0.4, -0.2) is 35.9 Å². The first-order valence-corrected chi connectivity index (χ1v) is 8.32. The van der Waals surface area contributed by atoms with Gasteiger partial charge in [0.05, 0.1) is 12.1 Å². The van der Waals surface area contributed by atoms with E-state index in [1.165, 1.54) is 7.11 Å². The van der Waals surface area contributed by atoms with E-state index in [9.17, 15) is 4.79 Å². The van der Waals surface area contributed by atoms with Crippen LogP contribution in [0.1, 0.15) is 25.7 Å². The third kappa shape index (κ3) is 3.54. The molecule has 0 aromatic carbocycles. The summed E-state index contributed by atoms with van der Waals surface area (Å²) in [5.74, 6) is -0.158. The quantitative estimate of drug-likeness (QED) is 0.838. The van der Waals surface area contributed by atoms with Crippen LogP contribution in [0.25, 0.3) is 0 Å². The van der Waals surface area contributed by atoms with Crippen LogP contribution in [-0.2, 0) is 9.53 Å². The Balaban J connectivity index is 2.06. The number of nitrogens with zero attached hydrogens (tertiary/aromatic N) is 1. The maximum atomic E-state index is 12.0. The van der Waals surface area contributed by atoms with Crippen molar-refractivity contribution in [2.75, 3.05) is 14.2 Å². The Bertz CT molecular complexity index is 469. The smallest absolute Gasteiger partial charge is 0.326 e. The SMILES string of the molecule is CNC1(C(=O)OC)CCCC(Sc2ccc(Br)cn2)C1. The molecule has 0 saturated heterocycles. The van der Waals surface area contributed by atoms with Crippen molar-refractivity contribution < 1.29 is 9.53 Å². The van der Waals surface area contributed by atoms with Crippen LogP contribution in [0, 0.1) is 0 Å². The summed E-state index contributed by atoms with van der Waals surface area (Å²) in [4.78, 5) is 16.4. The minimum Gasteiger partial charge on any atom is -0.468 e. The largest absolute Gasteiger partial charge is 0.468 e. The maximum Gasteiger partial charge on any atom is 0.326 e. The first-order chi connectivity index (χ1) is 9.59. The molecule has 2 rings (SSSR count). The molecule has 0 radical (unpaired) electrons. The summed E-state index contributed by atoms with van der Waals surface area (Å²) in [5, 5.41) is 4.55. The number of methoxy groups -OCH3 is 1. The average Bonchev–Trinajstić information content (AvgIpc) is 2.49. The van der Waals surface area contributed by atoms with Crippen molar-refractivity contribution >= 4 is 33.7 Å². The summed E-state index contributed by atoms with van der Waals surface area (Å²) in [5.41, 5.74) is -0.542. The van der Waals surface area contributed by atoms with Crippen LogP contribution in [0.2, 0.25) is 0 Å². The molecule has 2 unspecified atom stereocenters. The number of nitrogens with one attached hydrogen (secondary N) is 1. The van der Waals surface area contributed by atoms with Gasteiger partial charge in [-0.15, -0.1) is 11.8 Å². The molecule has 1 heterocycles. The van der Waals surface area contributed by atoms with Gasteiger partial charge in [-0.25, -0.2) is 4.98 Å². The zero-order valence-corrected chi connectivity index (χ0v) is 14.1. The number of rotatable bonds is 4. The molecule has 1 N–H and O–H groups in total. The maximum absolute atomic E-state index is 12.0. The highest BCUT2D eigenvalue weighted by Gasteiger charge is 2.42. The van der Waals surface area contributed by atoms with Crippen molar-refractivity contribution in [1.82, 2.24) is 10.3 Å². The van der Waals surface area contributed by atoms with Crippen LogP contribution in [0.3, 0.4) is 0 Å². The Morgan fingerprint density at radius 1 is 1.60 bits per heavy atom. The lowest BCUT2D eigenvalue weighted by Gasteiger charge is -2.37. The lowest BCUT2D eigenvalue weighted by molar-refractivity contribution is -0.149. The van der Waals surface area contributed by atoms with Gasteiger partial charge in [-0.3, -0.25) is 4.79 Å². The third-order valence-corrected chi connectivity index (χ3v) is 5.44. The van der Waals surface area contributed by atoms with Crippen molar-refractivity contribution in [2.24, 2.45) is 0 Å². The number of hydrogen-bond acceptors (Lipinski definition) is 5. The third-order valence-electron chi connectivity index (χ3n) is 3.75. The van der Waals surface area contributed by atoms with Gasteiger partial charge in [0.15, 0.2) is 0 Å². The average molecular weight is 359 g/mol. The topological polar surface area (TPSA) is 51.2 Å². The molecular formula is C14H19BrN2O2S. The number of carbonyl (C=O) groups is 1. The van der Waals surface area contributed by atoms with Gasteiger partial charge in [0.2, 0.25) is 0 Å². The molecule has 110 valence electrons. The van der Waals surface area contributed by atoms with Gasteiger partial charge in [0.25, 0.3) is 0 Å². The van der Waals surface area contributed by atoms with Crippen LogP contribution in [0.15, 0.2) is 27.8 Å². The predicted molar refractivity (Wildman–Crippen MR) is 83.9 cm³/mol. The Kier molecular flexibility index (Phi) is 5.46. The normalized spacial score (nSPS) is 26.2. The second kappa shape index (κ2) is 6.91. The Hall–Kier alpha value is -0.590. The van der Waals surface area contributed by atoms with Crippen LogP contribution < -0.4 is 5.32 Å². The summed E-state index contributed by atoms with van der Waals surface area (Å²) in [7, 11) is 3.29. The monoisotopic (exact) mass is 358 g/mol. The van der Waals surface area contributed by atoms with Crippen LogP contribution in [0.4, 0.5) is 0 Å². The van der Waals surface area contributed by atoms with E-state index in [-0.39, 0.29) is 5.97 Å². The fraction of sp³-hybridized carbons (Fsp3) is 0.571. The van der Waals surface area contributed by atoms with Crippen molar-refractivity contribution in [2.45, 2.75) is 41.5 Å². The van der Waals surface area contributed by atoms with E-state index < -0.39 is 5.54 Å². The summed E-state index contributed by atoms with van der Waals surface area (Å²) < 4.78 is 5.94. The number of halogens is 1. The lowest BCUT2D eigenvalue weighted by Crippen LogP contribution is -2.54. The second-order valence-electron chi connectivity index (χ2n) is 4.97.